The van der Waals surface area contributed by atoms with Crippen LogP contribution in [0.2, 0.25) is 0 Å². The number of nitrogens with two attached hydrogens (primary N) is 1. The number of aromatic hydroxyl groups is 1. The predicted octanol–water partition coefficient (Wildman–Crippen LogP) is 3.54. The molecular weight excluding hydrogens is 356 g/mol. The first-order valence-corrected chi connectivity index (χ1v) is 8.39. The molecule has 0 bridgehead atoms. The van der Waals surface area contributed by atoms with E-state index >= 15 is 0 Å². The van der Waals surface area contributed by atoms with Gasteiger partial charge in [-0.2, -0.15) is 5.26 Å². The van der Waals surface area contributed by atoms with Crippen molar-refractivity contribution in [3.63, 3.8) is 0 Å². The van der Waals surface area contributed by atoms with Gasteiger partial charge in [-0.25, -0.2) is 4.98 Å². The van der Waals surface area contributed by atoms with Crippen molar-refractivity contribution in [3.05, 3.63) is 54.1 Å². The summed E-state index contributed by atoms with van der Waals surface area (Å²) in [5.74, 6) is 0.239. The number of rotatable bonds is 4. The molecule has 0 radical (unpaired) electrons. The zero-order valence-corrected chi connectivity index (χ0v) is 15.4. The minimum Gasteiger partial charge on any atom is -0.504 e. The molecule has 140 valence electrons. The first kappa shape index (κ1) is 18.7. The van der Waals surface area contributed by atoms with Crippen LogP contribution in [0.15, 0.2) is 48.5 Å². The minimum absolute atomic E-state index is 0.000527. The number of phenols is 1. The Hall–Kier alpha value is -4.05. The molecule has 0 aliphatic heterocycles. The third-order valence-corrected chi connectivity index (χ3v) is 4.15. The first-order valence-electron chi connectivity index (χ1n) is 8.39. The van der Waals surface area contributed by atoms with E-state index in [-0.39, 0.29) is 28.8 Å². The maximum Gasteiger partial charge on any atom is 0.221 e. The molecule has 0 saturated carbocycles. The number of hydrogen-bond acceptors (Lipinski definition) is 6. The molecule has 0 aliphatic carbocycles. The summed E-state index contributed by atoms with van der Waals surface area (Å²) in [4.78, 5) is 15.5. The number of methoxy groups -OCH3 is 1. The Balaban J connectivity index is 2.11. The Kier molecular flexibility index (Phi) is 5.14. The van der Waals surface area contributed by atoms with Gasteiger partial charge in [0.25, 0.3) is 0 Å². The maximum atomic E-state index is 11.2. The number of nitrogens with zero attached hydrogens (tertiary/aromatic N) is 2. The lowest BCUT2D eigenvalue weighted by Crippen LogP contribution is -2.05. The number of hydrogen-bond donors (Lipinski definition) is 3. The van der Waals surface area contributed by atoms with E-state index in [1.165, 1.54) is 20.1 Å². The Bertz CT molecular complexity index is 1090. The number of pyridine rings is 1. The number of nitrogen functional groups attached to an aromatic ring is 1. The highest BCUT2D eigenvalue weighted by atomic mass is 16.5. The summed E-state index contributed by atoms with van der Waals surface area (Å²) in [5.41, 5.74) is 9.54. The third-order valence-electron chi connectivity index (χ3n) is 4.15. The number of ether oxygens (including phenoxy) is 1. The molecule has 7 nitrogen and oxygen atoms in total. The van der Waals surface area contributed by atoms with Gasteiger partial charge >= 0.3 is 0 Å². The highest BCUT2D eigenvalue weighted by Gasteiger charge is 2.15. The van der Waals surface area contributed by atoms with Gasteiger partial charge in [0.05, 0.1) is 12.8 Å². The van der Waals surface area contributed by atoms with Crippen LogP contribution in [0, 0.1) is 11.3 Å². The van der Waals surface area contributed by atoms with Crippen molar-refractivity contribution < 1.29 is 14.6 Å². The smallest absolute Gasteiger partial charge is 0.221 e. The predicted molar refractivity (Wildman–Crippen MR) is 107 cm³/mol. The first-order chi connectivity index (χ1) is 13.4. The Morgan fingerprint density at radius 2 is 1.86 bits per heavy atom. The van der Waals surface area contributed by atoms with Crippen molar-refractivity contribution in [1.29, 1.82) is 5.26 Å². The van der Waals surface area contributed by atoms with Crippen LogP contribution < -0.4 is 15.8 Å². The van der Waals surface area contributed by atoms with Crippen LogP contribution in [0.25, 0.3) is 22.4 Å². The van der Waals surface area contributed by atoms with Gasteiger partial charge < -0.3 is 20.9 Å². The highest BCUT2D eigenvalue weighted by molar-refractivity contribution is 5.89. The molecule has 1 amide bonds. The van der Waals surface area contributed by atoms with Crippen molar-refractivity contribution in [2.45, 2.75) is 6.92 Å². The summed E-state index contributed by atoms with van der Waals surface area (Å²) in [6.45, 7) is 1.44. The Morgan fingerprint density at radius 3 is 2.46 bits per heavy atom. The van der Waals surface area contributed by atoms with Gasteiger partial charge in [-0.1, -0.05) is 18.2 Å². The van der Waals surface area contributed by atoms with Crippen LogP contribution in [0.3, 0.4) is 0 Å². The largest absolute Gasteiger partial charge is 0.504 e. The second-order valence-electron chi connectivity index (χ2n) is 6.07. The SMILES string of the molecule is COc1cc(-c2cc(-c3ccc(NC(C)=O)cc3)nc(N)c2C#N)ccc1O. The zero-order valence-electron chi connectivity index (χ0n) is 15.4. The molecule has 0 unspecified atom stereocenters. The van der Waals surface area contributed by atoms with Crippen LogP contribution >= 0.6 is 0 Å². The number of nitriles is 1. The topological polar surface area (TPSA) is 121 Å². The summed E-state index contributed by atoms with van der Waals surface area (Å²) < 4.78 is 5.16. The van der Waals surface area contributed by atoms with E-state index < -0.39 is 0 Å². The molecule has 1 heterocycles. The van der Waals surface area contributed by atoms with E-state index in [9.17, 15) is 15.2 Å². The molecule has 28 heavy (non-hydrogen) atoms. The summed E-state index contributed by atoms with van der Waals surface area (Å²) in [6.07, 6.45) is 0. The number of benzene rings is 2. The molecule has 0 atom stereocenters. The lowest BCUT2D eigenvalue weighted by Gasteiger charge is -2.12. The molecule has 3 aromatic rings. The average Bonchev–Trinajstić information content (AvgIpc) is 2.68. The number of phenolic OH excluding ortho intramolecular Hbond substituents is 1. The molecule has 7 heteroatoms. The standard InChI is InChI=1S/C21H18N4O3/c1-12(26)24-15-6-3-13(4-7-15)18-10-16(17(11-22)21(23)25-18)14-5-8-19(27)20(9-14)28-2/h3-10,27H,1-2H3,(H2,23,25)(H,24,26). The third kappa shape index (κ3) is 3.71. The summed E-state index contributed by atoms with van der Waals surface area (Å²) in [5, 5.41) is 22.1. The van der Waals surface area contributed by atoms with Gasteiger partial charge in [-0.05, 0) is 35.9 Å². The molecule has 3 rings (SSSR count). The van der Waals surface area contributed by atoms with E-state index in [2.05, 4.69) is 16.4 Å². The van der Waals surface area contributed by atoms with E-state index in [0.717, 1.165) is 5.56 Å². The highest BCUT2D eigenvalue weighted by Crippen LogP contribution is 2.36. The Morgan fingerprint density at radius 1 is 1.18 bits per heavy atom. The molecule has 0 saturated heterocycles. The van der Waals surface area contributed by atoms with Gasteiger partial charge in [0.2, 0.25) is 5.91 Å². The number of aromatic nitrogens is 1. The van der Waals surface area contributed by atoms with E-state index in [4.69, 9.17) is 10.5 Å². The van der Waals surface area contributed by atoms with Gasteiger partial charge in [0.15, 0.2) is 11.5 Å². The summed E-state index contributed by atoms with van der Waals surface area (Å²) in [7, 11) is 1.45. The van der Waals surface area contributed by atoms with E-state index in [0.29, 0.717) is 22.5 Å². The maximum absolute atomic E-state index is 11.2. The number of anilines is 2. The van der Waals surface area contributed by atoms with Crippen LogP contribution in [0.4, 0.5) is 11.5 Å². The van der Waals surface area contributed by atoms with Gasteiger partial charge in [-0.3, -0.25) is 4.79 Å². The van der Waals surface area contributed by atoms with Crippen molar-refractivity contribution in [1.82, 2.24) is 4.98 Å². The van der Waals surface area contributed by atoms with Crippen molar-refractivity contribution >= 4 is 17.4 Å². The monoisotopic (exact) mass is 374 g/mol. The average molecular weight is 374 g/mol. The molecule has 0 spiro atoms. The second-order valence-corrected chi connectivity index (χ2v) is 6.07. The molecule has 2 aromatic carbocycles. The van der Waals surface area contributed by atoms with Crippen molar-refractivity contribution in [2.24, 2.45) is 0 Å². The summed E-state index contributed by atoms with van der Waals surface area (Å²) >= 11 is 0. The van der Waals surface area contributed by atoms with Gasteiger partial charge in [0, 0.05) is 23.7 Å². The lowest BCUT2D eigenvalue weighted by atomic mass is 9.98. The quantitative estimate of drug-likeness (QED) is 0.642. The zero-order chi connectivity index (χ0) is 20.3. The van der Waals surface area contributed by atoms with Crippen LogP contribution in [-0.4, -0.2) is 23.1 Å². The molecular formula is C21H18N4O3. The fraction of sp³-hybridized carbons (Fsp3) is 0.0952. The normalized spacial score (nSPS) is 10.2. The number of carbonyl (C=O) groups excluding carboxylic acids is 1. The minimum atomic E-state index is -0.156. The summed E-state index contributed by atoms with van der Waals surface area (Å²) in [6, 6.07) is 15.8. The van der Waals surface area contributed by atoms with Crippen molar-refractivity contribution in [2.75, 3.05) is 18.2 Å². The van der Waals surface area contributed by atoms with E-state index in [1.807, 2.05) is 0 Å². The number of amides is 1. The van der Waals surface area contributed by atoms with Crippen LogP contribution in [0.1, 0.15) is 12.5 Å². The Labute approximate surface area is 162 Å². The molecule has 4 N–H and O–H groups in total. The number of carbonyl (C=O) groups is 1. The molecule has 0 aliphatic rings. The lowest BCUT2D eigenvalue weighted by molar-refractivity contribution is -0.114. The fourth-order valence-electron chi connectivity index (χ4n) is 2.83. The number of nitrogens with one attached hydrogen (secondary N) is 1. The van der Waals surface area contributed by atoms with Gasteiger partial charge in [0.1, 0.15) is 17.5 Å². The molecule has 1 aromatic heterocycles. The van der Waals surface area contributed by atoms with Crippen LogP contribution in [-0.2, 0) is 4.79 Å². The van der Waals surface area contributed by atoms with Gasteiger partial charge in [-0.15, -0.1) is 0 Å². The fourth-order valence-corrected chi connectivity index (χ4v) is 2.83. The molecule has 0 fully saturated rings. The van der Waals surface area contributed by atoms with E-state index in [1.54, 1.807) is 42.5 Å². The van der Waals surface area contributed by atoms with Crippen LogP contribution in [0.5, 0.6) is 11.5 Å². The second kappa shape index (κ2) is 7.68. The van der Waals surface area contributed by atoms with Crippen molar-refractivity contribution in [3.8, 4) is 40.0 Å².